The first kappa shape index (κ1) is 25.4. The molecule has 13 heteroatoms. The number of nitriles is 1. The molecule has 3 aromatic heterocycles. The quantitative estimate of drug-likeness (QED) is 0.288. The van der Waals surface area contributed by atoms with Crippen LogP contribution < -0.4 is 10.6 Å². The molecule has 4 aromatic rings. The number of aromatic nitrogens is 5. The van der Waals surface area contributed by atoms with Gasteiger partial charge in [-0.3, -0.25) is 8.77 Å². The fourth-order valence-corrected chi connectivity index (χ4v) is 5.94. The van der Waals surface area contributed by atoms with Crippen LogP contribution in [0.15, 0.2) is 37.1 Å². The van der Waals surface area contributed by atoms with Crippen LogP contribution in [0.4, 0.5) is 14.6 Å². The number of nitrogens with zero attached hydrogens (tertiary/aromatic N) is 6. The Morgan fingerprint density at radius 1 is 1.22 bits per heavy atom. The first-order valence-corrected chi connectivity index (χ1v) is 14.8. The van der Waals surface area contributed by atoms with Crippen molar-refractivity contribution in [3.05, 3.63) is 59.9 Å². The number of amides is 1. The standard InChI is InChI=1S/C24H21F2IN8OS/c1-34-11-20(30-12-34)24(36)32-15-4-2-3-14(7-15)31-23-19(26)9-29-22(33-23)17-10-35(37-27)21-16(17)5-13(8-28)6-18(21)25/h5-6,9-12,14-15H,2-4,7H2,1H3,(H,32,36)(H,29,31,33)/t14-,15+/m0/s1. The molecule has 0 spiro atoms. The van der Waals surface area contributed by atoms with Gasteiger partial charge in [0.25, 0.3) is 5.91 Å². The van der Waals surface area contributed by atoms with Gasteiger partial charge >= 0.3 is 0 Å². The molecular weight excluding hydrogens is 613 g/mol. The highest BCUT2D eigenvalue weighted by Crippen LogP contribution is 2.36. The number of benzene rings is 1. The van der Waals surface area contributed by atoms with Crippen LogP contribution in [-0.2, 0) is 7.05 Å². The number of anilines is 1. The maximum atomic E-state index is 14.8. The first-order chi connectivity index (χ1) is 17.9. The van der Waals surface area contributed by atoms with Crippen LogP contribution in [-0.4, -0.2) is 41.5 Å². The summed E-state index contributed by atoms with van der Waals surface area (Å²) >= 11 is 2.03. The largest absolute Gasteiger partial charge is 0.365 e. The highest BCUT2D eigenvalue weighted by molar-refractivity contribution is 14.2. The molecule has 1 aliphatic carbocycles. The average molecular weight is 634 g/mol. The maximum absolute atomic E-state index is 14.8. The zero-order valence-electron chi connectivity index (χ0n) is 19.6. The van der Waals surface area contributed by atoms with Gasteiger partial charge in [-0.05, 0) is 37.8 Å². The number of fused-ring (bicyclic) bond motifs is 1. The van der Waals surface area contributed by atoms with E-state index in [1.807, 2.05) is 27.3 Å². The molecule has 2 atom stereocenters. The van der Waals surface area contributed by atoms with E-state index in [1.165, 1.54) is 15.2 Å². The van der Waals surface area contributed by atoms with E-state index < -0.39 is 11.6 Å². The minimum Gasteiger partial charge on any atom is -0.365 e. The second-order valence-electron chi connectivity index (χ2n) is 8.90. The average Bonchev–Trinajstić information content (AvgIpc) is 3.49. The molecule has 0 unspecified atom stereocenters. The summed E-state index contributed by atoms with van der Waals surface area (Å²) in [6.45, 7) is 0. The lowest BCUT2D eigenvalue weighted by atomic mass is 9.91. The Morgan fingerprint density at radius 2 is 2.03 bits per heavy atom. The van der Waals surface area contributed by atoms with Crippen LogP contribution >= 0.6 is 30.3 Å². The third kappa shape index (κ3) is 5.26. The molecular formula is C24H21F2IN8OS. The molecule has 1 aromatic carbocycles. The fourth-order valence-electron chi connectivity index (χ4n) is 4.61. The lowest BCUT2D eigenvalue weighted by Gasteiger charge is -2.30. The summed E-state index contributed by atoms with van der Waals surface area (Å²) in [6.07, 6.45) is 9.03. The Bertz CT molecular complexity index is 1530. The number of carbonyl (C=O) groups is 1. The number of nitrogens with one attached hydrogen (secondary N) is 2. The van der Waals surface area contributed by atoms with Crippen molar-refractivity contribution in [2.45, 2.75) is 37.8 Å². The zero-order chi connectivity index (χ0) is 26.1. The molecule has 0 aliphatic heterocycles. The van der Waals surface area contributed by atoms with Gasteiger partial charge in [-0.1, -0.05) is 0 Å². The van der Waals surface area contributed by atoms with Gasteiger partial charge in [0.1, 0.15) is 11.5 Å². The van der Waals surface area contributed by atoms with Crippen LogP contribution in [0.25, 0.3) is 22.3 Å². The van der Waals surface area contributed by atoms with Crippen molar-refractivity contribution in [1.29, 1.82) is 5.26 Å². The van der Waals surface area contributed by atoms with Gasteiger partial charge in [0.05, 0.1) is 29.7 Å². The Hall–Kier alpha value is -3.25. The number of carbonyl (C=O) groups excluding carboxylic acids is 1. The van der Waals surface area contributed by atoms with Crippen molar-refractivity contribution in [1.82, 2.24) is 28.8 Å². The minimum atomic E-state index is -0.612. The van der Waals surface area contributed by atoms with Crippen molar-refractivity contribution in [3.8, 4) is 17.5 Å². The molecule has 0 bridgehead atoms. The van der Waals surface area contributed by atoms with E-state index in [0.717, 1.165) is 25.5 Å². The predicted octanol–water partition coefficient (Wildman–Crippen LogP) is 4.98. The molecule has 190 valence electrons. The minimum absolute atomic E-state index is 0.0339. The van der Waals surface area contributed by atoms with E-state index >= 15 is 0 Å². The van der Waals surface area contributed by atoms with E-state index in [9.17, 15) is 18.8 Å². The van der Waals surface area contributed by atoms with Gasteiger partial charge in [0.2, 0.25) is 0 Å². The molecule has 2 N–H and O–H groups in total. The first-order valence-electron chi connectivity index (χ1n) is 11.5. The SMILES string of the molecule is Cn1cnc(C(=O)N[C@@H]2CCC[C@H](Nc3nc(-c4cn(SI)c5c(F)cc(C#N)cc45)ncc3F)C2)c1. The smallest absolute Gasteiger partial charge is 0.271 e. The highest BCUT2D eigenvalue weighted by atomic mass is 127. The summed E-state index contributed by atoms with van der Waals surface area (Å²) in [4.78, 5) is 25.2. The van der Waals surface area contributed by atoms with Crippen molar-refractivity contribution < 1.29 is 13.6 Å². The van der Waals surface area contributed by atoms with E-state index in [2.05, 4.69) is 25.6 Å². The molecule has 1 fully saturated rings. The summed E-state index contributed by atoms with van der Waals surface area (Å²) in [6, 6.07) is 4.52. The Labute approximate surface area is 227 Å². The number of aryl methyl sites for hydroxylation is 1. The Kier molecular flexibility index (Phi) is 7.29. The number of imidazole rings is 1. The Balaban J connectivity index is 1.38. The van der Waals surface area contributed by atoms with Crippen LogP contribution in [0.1, 0.15) is 41.7 Å². The predicted molar refractivity (Wildman–Crippen MR) is 145 cm³/mol. The van der Waals surface area contributed by atoms with E-state index in [4.69, 9.17) is 0 Å². The Morgan fingerprint density at radius 3 is 2.76 bits per heavy atom. The monoisotopic (exact) mass is 634 g/mol. The van der Waals surface area contributed by atoms with Gasteiger partial charge in [0.15, 0.2) is 17.5 Å². The lowest BCUT2D eigenvalue weighted by Crippen LogP contribution is -2.42. The molecule has 37 heavy (non-hydrogen) atoms. The maximum Gasteiger partial charge on any atom is 0.271 e. The summed E-state index contributed by atoms with van der Waals surface area (Å²) < 4.78 is 32.9. The molecule has 1 saturated carbocycles. The highest BCUT2D eigenvalue weighted by Gasteiger charge is 2.26. The van der Waals surface area contributed by atoms with Gasteiger partial charge < -0.3 is 15.2 Å². The van der Waals surface area contributed by atoms with E-state index in [0.29, 0.717) is 28.6 Å². The van der Waals surface area contributed by atoms with Crippen LogP contribution in [0, 0.1) is 23.0 Å². The molecule has 1 amide bonds. The topological polar surface area (TPSA) is 113 Å². The summed E-state index contributed by atoms with van der Waals surface area (Å²) in [5.41, 5.74) is 1.31. The third-order valence-corrected chi connectivity index (χ3v) is 8.01. The second-order valence-corrected chi connectivity index (χ2v) is 10.6. The number of rotatable bonds is 6. The van der Waals surface area contributed by atoms with Gasteiger partial charge in [-0.15, -0.1) is 0 Å². The summed E-state index contributed by atoms with van der Waals surface area (Å²) in [5.74, 6) is -1.14. The molecule has 3 heterocycles. The van der Waals surface area contributed by atoms with Crippen molar-refractivity contribution >= 4 is 53.0 Å². The molecule has 5 rings (SSSR count). The van der Waals surface area contributed by atoms with Crippen LogP contribution in [0.2, 0.25) is 0 Å². The number of halogens is 3. The second kappa shape index (κ2) is 10.6. The number of hydrogen-bond donors (Lipinski definition) is 2. The lowest BCUT2D eigenvalue weighted by molar-refractivity contribution is 0.0921. The summed E-state index contributed by atoms with van der Waals surface area (Å²) in [5, 5.41) is 16.0. The normalized spacial score (nSPS) is 17.5. The van der Waals surface area contributed by atoms with Gasteiger partial charge in [-0.2, -0.15) is 5.26 Å². The van der Waals surface area contributed by atoms with Crippen molar-refractivity contribution in [2.24, 2.45) is 7.05 Å². The van der Waals surface area contributed by atoms with Gasteiger partial charge in [-0.25, -0.2) is 23.7 Å². The fraction of sp³-hybridized carbons (Fsp3) is 0.292. The number of hydrogen-bond acceptors (Lipinski definition) is 7. The molecule has 1 aliphatic rings. The molecule has 0 saturated heterocycles. The van der Waals surface area contributed by atoms with Gasteiger partial charge in [0, 0.05) is 72.8 Å². The zero-order valence-corrected chi connectivity index (χ0v) is 22.6. The molecule has 0 radical (unpaired) electrons. The van der Waals surface area contributed by atoms with Crippen molar-refractivity contribution in [3.63, 3.8) is 0 Å². The van der Waals surface area contributed by atoms with E-state index in [-0.39, 0.29) is 35.2 Å². The summed E-state index contributed by atoms with van der Waals surface area (Å²) in [7, 11) is 3.06. The van der Waals surface area contributed by atoms with Crippen molar-refractivity contribution in [2.75, 3.05) is 5.32 Å². The van der Waals surface area contributed by atoms with Crippen LogP contribution in [0.5, 0.6) is 0 Å². The third-order valence-electron chi connectivity index (χ3n) is 6.30. The van der Waals surface area contributed by atoms with E-state index in [1.54, 1.807) is 40.4 Å². The van der Waals surface area contributed by atoms with Crippen LogP contribution in [0.3, 0.4) is 0 Å². The molecule has 9 nitrogen and oxygen atoms in total.